The number of carbonyl (C=O) groups is 2. The molecule has 1 atom stereocenters. The van der Waals surface area contributed by atoms with Gasteiger partial charge in [-0.1, -0.05) is 47.2 Å². The number of ketones is 1. The molecule has 8 heteroatoms. The number of nitrogens with zero attached hydrogens (tertiary/aromatic N) is 2. The maximum absolute atomic E-state index is 13.2. The molecule has 32 heavy (non-hydrogen) atoms. The summed E-state index contributed by atoms with van der Waals surface area (Å²) in [6, 6.07) is 19.0. The second-order valence-corrected chi connectivity index (χ2v) is 8.68. The van der Waals surface area contributed by atoms with Crippen LogP contribution >= 0.6 is 22.9 Å². The lowest BCUT2D eigenvalue weighted by atomic mass is 9.95. The van der Waals surface area contributed by atoms with E-state index in [1.165, 1.54) is 28.4 Å². The van der Waals surface area contributed by atoms with Crippen LogP contribution in [0.15, 0.2) is 78.4 Å². The molecule has 0 spiro atoms. The smallest absolute Gasteiger partial charge is 0.301 e. The number of phenolic OH excluding ortho intramolecular Hbond substituents is 1. The molecule has 4 aromatic rings. The first-order valence-corrected chi connectivity index (χ1v) is 10.8. The lowest BCUT2D eigenvalue weighted by Gasteiger charge is -2.23. The van der Waals surface area contributed by atoms with Crippen molar-refractivity contribution in [1.82, 2.24) is 4.98 Å². The quantitative estimate of drug-likeness (QED) is 0.245. The SMILES string of the molecule is O=C1C(=O)N(c2nc3ccccc3s2)C(c2ccc(O)cc2)C1=C(O)c1ccc(Cl)cc1. The Kier molecular flexibility index (Phi) is 4.92. The Bertz CT molecular complexity index is 1360. The van der Waals surface area contributed by atoms with Gasteiger partial charge < -0.3 is 10.2 Å². The van der Waals surface area contributed by atoms with Crippen LogP contribution in [0.5, 0.6) is 5.75 Å². The van der Waals surface area contributed by atoms with E-state index in [2.05, 4.69) is 4.98 Å². The van der Waals surface area contributed by atoms with E-state index in [0.717, 1.165) is 4.70 Å². The molecule has 1 aliphatic heterocycles. The van der Waals surface area contributed by atoms with Gasteiger partial charge in [-0.15, -0.1) is 0 Å². The third kappa shape index (κ3) is 3.32. The van der Waals surface area contributed by atoms with Crippen LogP contribution in [0.4, 0.5) is 5.13 Å². The number of aromatic nitrogens is 1. The van der Waals surface area contributed by atoms with Crippen LogP contribution in [0.25, 0.3) is 16.0 Å². The third-order valence-electron chi connectivity index (χ3n) is 5.26. The van der Waals surface area contributed by atoms with Gasteiger partial charge in [0.05, 0.1) is 21.8 Å². The fraction of sp³-hybridized carbons (Fsp3) is 0.0417. The molecule has 2 N–H and O–H groups in total. The number of halogens is 1. The fourth-order valence-electron chi connectivity index (χ4n) is 3.73. The molecule has 1 aliphatic rings. The summed E-state index contributed by atoms with van der Waals surface area (Å²) in [5, 5.41) is 21.6. The molecular formula is C24H15ClN2O4S. The van der Waals surface area contributed by atoms with Crippen LogP contribution < -0.4 is 4.90 Å². The van der Waals surface area contributed by atoms with Crippen molar-refractivity contribution < 1.29 is 19.8 Å². The molecule has 6 nitrogen and oxygen atoms in total. The zero-order valence-corrected chi connectivity index (χ0v) is 18.0. The summed E-state index contributed by atoms with van der Waals surface area (Å²) < 4.78 is 0.867. The van der Waals surface area contributed by atoms with Crippen molar-refractivity contribution in [2.75, 3.05) is 4.90 Å². The molecule has 0 aliphatic carbocycles. The number of phenols is 1. The molecule has 2 heterocycles. The normalized spacial score (nSPS) is 17.9. The van der Waals surface area contributed by atoms with Gasteiger partial charge in [-0.05, 0) is 54.1 Å². The van der Waals surface area contributed by atoms with Crippen LogP contribution in [0, 0.1) is 0 Å². The number of amides is 1. The average molecular weight is 463 g/mol. The van der Waals surface area contributed by atoms with Gasteiger partial charge in [-0.25, -0.2) is 4.98 Å². The molecular weight excluding hydrogens is 448 g/mol. The molecule has 0 saturated carbocycles. The molecule has 0 bridgehead atoms. The summed E-state index contributed by atoms with van der Waals surface area (Å²) in [6.07, 6.45) is 0. The first-order chi connectivity index (χ1) is 15.4. The number of carbonyl (C=O) groups excluding carboxylic acids is 2. The second kappa shape index (κ2) is 7.78. The highest BCUT2D eigenvalue weighted by molar-refractivity contribution is 7.22. The van der Waals surface area contributed by atoms with E-state index >= 15 is 0 Å². The first-order valence-electron chi connectivity index (χ1n) is 9.65. The number of para-hydroxylation sites is 1. The van der Waals surface area contributed by atoms with E-state index in [9.17, 15) is 19.8 Å². The Morgan fingerprint density at radius 1 is 0.969 bits per heavy atom. The van der Waals surface area contributed by atoms with Crippen LogP contribution in [0.3, 0.4) is 0 Å². The lowest BCUT2D eigenvalue weighted by Crippen LogP contribution is -2.29. The maximum Gasteiger partial charge on any atom is 0.301 e. The van der Waals surface area contributed by atoms with Crippen molar-refractivity contribution in [2.45, 2.75) is 6.04 Å². The molecule has 1 unspecified atom stereocenters. The number of rotatable bonds is 3. The van der Waals surface area contributed by atoms with Gasteiger partial charge in [-0.3, -0.25) is 14.5 Å². The Morgan fingerprint density at radius 3 is 2.34 bits per heavy atom. The summed E-state index contributed by atoms with van der Waals surface area (Å²) in [6.45, 7) is 0. The molecule has 0 radical (unpaired) electrons. The predicted molar refractivity (Wildman–Crippen MR) is 124 cm³/mol. The van der Waals surface area contributed by atoms with Gasteiger partial charge in [-0.2, -0.15) is 0 Å². The first kappa shape index (κ1) is 20.2. The van der Waals surface area contributed by atoms with Gasteiger partial charge in [0.25, 0.3) is 5.78 Å². The predicted octanol–water partition coefficient (Wildman–Crippen LogP) is 5.28. The van der Waals surface area contributed by atoms with E-state index in [-0.39, 0.29) is 17.1 Å². The van der Waals surface area contributed by atoms with E-state index in [1.807, 2.05) is 24.3 Å². The van der Waals surface area contributed by atoms with Crippen molar-refractivity contribution in [2.24, 2.45) is 0 Å². The number of aromatic hydroxyl groups is 1. The fourth-order valence-corrected chi connectivity index (χ4v) is 4.85. The second-order valence-electron chi connectivity index (χ2n) is 7.23. The standard InChI is InChI=1S/C24H15ClN2O4S/c25-15-9-5-14(6-10-15)21(29)19-20(13-7-11-16(28)12-8-13)27(23(31)22(19)30)24-26-17-3-1-2-4-18(17)32-24/h1-12,20,28-29H. The summed E-state index contributed by atoms with van der Waals surface area (Å²) in [5.41, 5.74) is 1.57. The third-order valence-corrected chi connectivity index (χ3v) is 6.55. The van der Waals surface area contributed by atoms with Crippen molar-refractivity contribution in [3.63, 3.8) is 0 Å². The molecule has 1 amide bonds. The number of thiazole rings is 1. The molecule has 158 valence electrons. The van der Waals surface area contributed by atoms with Crippen LogP contribution in [-0.2, 0) is 9.59 Å². The van der Waals surface area contributed by atoms with Gasteiger partial charge in [0.1, 0.15) is 11.5 Å². The minimum Gasteiger partial charge on any atom is -0.508 e. The van der Waals surface area contributed by atoms with Gasteiger partial charge in [0.15, 0.2) is 5.13 Å². The van der Waals surface area contributed by atoms with Gasteiger partial charge in [0.2, 0.25) is 0 Å². The number of aliphatic hydroxyl groups is 1. The maximum atomic E-state index is 13.2. The zero-order chi connectivity index (χ0) is 22.4. The van der Waals surface area contributed by atoms with E-state index < -0.39 is 17.7 Å². The van der Waals surface area contributed by atoms with Crippen molar-refractivity contribution in [3.8, 4) is 5.75 Å². The minimum atomic E-state index is -0.910. The molecule has 5 rings (SSSR count). The van der Waals surface area contributed by atoms with Gasteiger partial charge in [0, 0.05) is 10.6 Å². The Hall–Kier alpha value is -3.68. The summed E-state index contributed by atoms with van der Waals surface area (Å²) in [4.78, 5) is 32.1. The zero-order valence-electron chi connectivity index (χ0n) is 16.4. The minimum absolute atomic E-state index is 0.0448. The van der Waals surface area contributed by atoms with Gasteiger partial charge >= 0.3 is 5.91 Å². The topological polar surface area (TPSA) is 90.7 Å². The summed E-state index contributed by atoms with van der Waals surface area (Å²) >= 11 is 7.24. The van der Waals surface area contributed by atoms with E-state index in [0.29, 0.717) is 26.8 Å². The monoisotopic (exact) mass is 462 g/mol. The van der Waals surface area contributed by atoms with Crippen molar-refractivity contribution in [1.29, 1.82) is 0 Å². The molecule has 1 fully saturated rings. The number of benzene rings is 3. The van der Waals surface area contributed by atoms with E-state index in [1.54, 1.807) is 36.4 Å². The number of aliphatic hydroxyl groups excluding tert-OH is 1. The summed E-state index contributed by atoms with van der Waals surface area (Å²) in [7, 11) is 0. The summed E-state index contributed by atoms with van der Waals surface area (Å²) in [5.74, 6) is -1.85. The Labute approximate surface area is 191 Å². The molecule has 1 aromatic heterocycles. The molecule has 3 aromatic carbocycles. The highest BCUT2D eigenvalue weighted by Gasteiger charge is 2.48. The number of Topliss-reactive ketones (excluding diaryl/α,β-unsaturated/α-hetero) is 1. The lowest BCUT2D eigenvalue weighted by molar-refractivity contribution is -0.132. The Morgan fingerprint density at radius 2 is 1.66 bits per heavy atom. The average Bonchev–Trinajstić information content (AvgIpc) is 3.33. The largest absolute Gasteiger partial charge is 0.508 e. The molecule has 1 saturated heterocycles. The van der Waals surface area contributed by atoms with Crippen LogP contribution in [0.2, 0.25) is 5.02 Å². The number of hydrogen-bond donors (Lipinski definition) is 2. The number of anilines is 1. The Balaban J connectivity index is 1.73. The number of hydrogen-bond acceptors (Lipinski definition) is 6. The highest BCUT2D eigenvalue weighted by Crippen LogP contribution is 2.44. The van der Waals surface area contributed by atoms with Crippen molar-refractivity contribution >= 4 is 55.7 Å². The van der Waals surface area contributed by atoms with Crippen molar-refractivity contribution in [3.05, 3.63) is 94.5 Å². The highest BCUT2D eigenvalue weighted by atomic mass is 35.5. The van der Waals surface area contributed by atoms with E-state index in [4.69, 9.17) is 11.6 Å². The van der Waals surface area contributed by atoms with Crippen LogP contribution in [0.1, 0.15) is 17.2 Å². The van der Waals surface area contributed by atoms with Crippen LogP contribution in [-0.4, -0.2) is 26.9 Å². The number of fused-ring (bicyclic) bond motifs is 1.